The van der Waals surface area contributed by atoms with Gasteiger partial charge in [0.25, 0.3) is 0 Å². The molecule has 0 saturated carbocycles. The van der Waals surface area contributed by atoms with E-state index < -0.39 is 0 Å². The van der Waals surface area contributed by atoms with Crippen molar-refractivity contribution in [2.24, 2.45) is 0 Å². The molecule has 0 aromatic heterocycles. The minimum atomic E-state index is 0.538. The molecule has 0 bridgehead atoms. The van der Waals surface area contributed by atoms with Gasteiger partial charge >= 0.3 is 0 Å². The third kappa shape index (κ3) is 1.82. The van der Waals surface area contributed by atoms with Crippen molar-refractivity contribution in [3.63, 3.8) is 0 Å². The molecule has 12 heavy (non-hydrogen) atoms. The molecule has 1 fully saturated rings. The van der Waals surface area contributed by atoms with Crippen LogP contribution in [0.1, 0.15) is 52.4 Å². The first-order valence-electron chi connectivity index (χ1n) is 5.46. The quantitative estimate of drug-likeness (QED) is 0.614. The highest BCUT2D eigenvalue weighted by molar-refractivity contribution is 4.88. The molecule has 1 rings (SSSR count). The van der Waals surface area contributed by atoms with Gasteiger partial charge in [0.05, 0.1) is 0 Å². The van der Waals surface area contributed by atoms with Crippen LogP contribution in [0, 0.1) is 0 Å². The molecule has 1 aliphatic heterocycles. The molecule has 0 aliphatic carbocycles. The molecule has 0 aromatic carbocycles. The Morgan fingerprint density at radius 3 is 2.33 bits per heavy atom. The Balaban J connectivity index is 2.66. The predicted molar refractivity (Wildman–Crippen MR) is 54.4 cm³/mol. The topological polar surface area (TPSA) is 3.24 Å². The molecule has 0 radical (unpaired) electrons. The summed E-state index contributed by atoms with van der Waals surface area (Å²) in [5.74, 6) is 0. The number of nitrogens with zero attached hydrogens (tertiary/aromatic N) is 1. The van der Waals surface area contributed by atoms with Crippen molar-refractivity contribution in [1.82, 2.24) is 4.90 Å². The van der Waals surface area contributed by atoms with Crippen molar-refractivity contribution >= 4 is 0 Å². The third-order valence-corrected chi connectivity index (χ3v) is 3.76. The molecule has 1 nitrogen and oxygen atoms in total. The molecular formula is C11H23N. The van der Waals surface area contributed by atoms with Gasteiger partial charge in [0.15, 0.2) is 0 Å². The summed E-state index contributed by atoms with van der Waals surface area (Å²) in [4.78, 5) is 2.60. The highest BCUT2D eigenvalue weighted by Gasteiger charge is 2.31. The average molecular weight is 169 g/mol. The van der Waals surface area contributed by atoms with E-state index in [9.17, 15) is 0 Å². The summed E-state index contributed by atoms with van der Waals surface area (Å²) >= 11 is 0. The highest BCUT2D eigenvalue weighted by atomic mass is 15.2. The van der Waals surface area contributed by atoms with E-state index in [-0.39, 0.29) is 0 Å². The first-order chi connectivity index (χ1) is 5.75. The van der Waals surface area contributed by atoms with E-state index in [2.05, 4.69) is 25.8 Å². The molecule has 0 unspecified atom stereocenters. The van der Waals surface area contributed by atoms with Crippen LogP contribution in [0.4, 0.5) is 0 Å². The summed E-state index contributed by atoms with van der Waals surface area (Å²) in [6.07, 6.45) is 8.33. The van der Waals surface area contributed by atoms with Crippen LogP contribution in [0.5, 0.6) is 0 Å². The number of hydrogen-bond acceptors (Lipinski definition) is 1. The summed E-state index contributed by atoms with van der Waals surface area (Å²) in [7, 11) is 2.30. The van der Waals surface area contributed by atoms with Crippen LogP contribution in [0.3, 0.4) is 0 Å². The standard InChI is InChI=1S/C11H23N/c1-4-11(5-2)9-7-6-8-10-12(11)3/h4-10H2,1-3H3. The van der Waals surface area contributed by atoms with Crippen LogP contribution in [-0.4, -0.2) is 24.0 Å². The van der Waals surface area contributed by atoms with Gasteiger partial charge in [-0.15, -0.1) is 0 Å². The third-order valence-electron chi connectivity index (χ3n) is 3.76. The predicted octanol–water partition coefficient (Wildman–Crippen LogP) is 3.05. The van der Waals surface area contributed by atoms with Crippen LogP contribution in [0.25, 0.3) is 0 Å². The van der Waals surface area contributed by atoms with Crippen LogP contribution in [-0.2, 0) is 0 Å². The van der Waals surface area contributed by atoms with E-state index >= 15 is 0 Å². The molecule has 0 aromatic rings. The Kier molecular flexibility index (Phi) is 3.57. The van der Waals surface area contributed by atoms with Crippen molar-refractivity contribution in [3.8, 4) is 0 Å². The van der Waals surface area contributed by atoms with E-state index in [1.807, 2.05) is 0 Å². The average Bonchev–Trinajstić information content (AvgIpc) is 2.28. The van der Waals surface area contributed by atoms with E-state index in [4.69, 9.17) is 0 Å². The van der Waals surface area contributed by atoms with E-state index in [0.29, 0.717) is 5.54 Å². The molecule has 1 heterocycles. The zero-order valence-electron chi connectivity index (χ0n) is 8.90. The number of rotatable bonds is 2. The molecule has 0 spiro atoms. The van der Waals surface area contributed by atoms with Crippen molar-refractivity contribution < 1.29 is 0 Å². The largest absolute Gasteiger partial charge is 0.301 e. The van der Waals surface area contributed by atoms with Gasteiger partial charge in [-0.25, -0.2) is 0 Å². The lowest BCUT2D eigenvalue weighted by molar-refractivity contribution is 0.109. The molecule has 0 atom stereocenters. The Morgan fingerprint density at radius 2 is 1.75 bits per heavy atom. The number of likely N-dealkylation sites (tertiary alicyclic amines) is 1. The lowest BCUT2D eigenvalue weighted by Crippen LogP contribution is -2.44. The lowest BCUT2D eigenvalue weighted by Gasteiger charge is -2.39. The van der Waals surface area contributed by atoms with Gasteiger partial charge in [-0.05, 0) is 39.3 Å². The van der Waals surface area contributed by atoms with Crippen LogP contribution < -0.4 is 0 Å². The van der Waals surface area contributed by atoms with Gasteiger partial charge in [0, 0.05) is 5.54 Å². The zero-order chi connectivity index (χ0) is 9.03. The smallest absolute Gasteiger partial charge is 0.0201 e. The first kappa shape index (κ1) is 10.0. The van der Waals surface area contributed by atoms with E-state index in [1.165, 1.54) is 45.1 Å². The normalized spacial score (nSPS) is 25.2. The Bertz CT molecular complexity index is 127. The summed E-state index contributed by atoms with van der Waals surface area (Å²) < 4.78 is 0. The maximum Gasteiger partial charge on any atom is 0.0201 e. The minimum absolute atomic E-state index is 0.538. The van der Waals surface area contributed by atoms with Gasteiger partial charge in [-0.3, -0.25) is 0 Å². The monoisotopic (exact) mass is 169 g/mol. The molecule has 0 N–H and O–H groups in total. The SMILES string of the molecule is CCC1(CC)CCCCCN1C. The van der Waals surface area contributed by atoms with Crippen LogP contribution in [0.2, 0.25) is 0 Å². The highest BCUT2D eigenvalue weighted by Crippen LogP contribution is 2.31. The Labute approximate surface area is 77.1 Å². The molecule has 1 saturated heterocycles. The molecular weight excluding hydrogens is 146 g/mol. The summed E-state index contributed by atoms with van der Waals surface area (Å²) in [5, 5.41) is 0. The van der Waals surface area contributed by atoms with Crippen LogP contribution in [0.15, 0.2) is 0 Å². The van der Waals surface area contributed by atoms with Gasteiger partial charge in [-0.1, -0.05) is 26.7 Å². The molecule has 1 heteroatoms. The fourth-order valence-corrected chi connectivity index (χ4v) is 2.55. The van der Waals surface area contributed by atoms with Gasteiger partial charge in [0.1, 0.15) is 0 Å². The van der Waals surface area contributed by atoms with E-state index in [1.54, 1.807) is 0 Å². The van der Waals surface area contributed by atoms with Gasteiger partial charge in [0.2, 0.25) is 0 Å². The van der Waals surface area contributed by atoms with Gasteiger partial charge in [-0.2, -0.15) is 0 Å². The summed E-state index contributed by atoms with van der Waals surface area (Å²) in [6, 6.07) is 0. The maximum atomic E-state index is 2.60. The second-order valence-corrected chi connectivity index (χ2v) is 4.16. The zero-order valence-corrected chi connectivity index (χ0v) is 8.90. The second kappa shape index (κ2) is 4.27. The second-order valence-electron chi connectivity index (χ2n) is 4.16. The van der Waals surface area contributed by atoms with Crippen LogP contribution >= 0.6 is 0 Å². The Hall–Kier alpha value is -0.0400. The minimum Gasteiger partial charge on any atom is -0.301 e. The fourth-order valence-electron chi connectivity index (χ4n) is 2.55. The molecule has 0 amide bonds. The summed E-state index contributed by atoms with van der Waals surface area (Å²) in [6.45, 7) is 5.98. The fraction of sp³-hybridized carbons (Fsp3) is 1.00. The lowest BCUT2D eigenvalue weighted by atomic mass is 9.87. The van der Waals surface area contributed by atoms with Crippen molar-refractivity contribution in [1.29, 1.82) is 0 Å². The molecule has 1 aliphatic rings. The maximum absolute atomic E-state index is 2.60. The first-order valence-corrected chi connectivity index (χ1v) is 5.46. The number of hydrogen-bond donors (Lipinski definition) is 0. The summed E-state index contributed by atoms with van der Waals surface area (Å²) in [5.41, 5.74) is 0.538. The van der Waals surface area contributed by atoms with E-state index in [0.717, 1.165) is 0 Å². The molecule has 72 valence electrons. The van der Waals surface area contributed by atoms with Gasteiger partial charge < -0.3 is 4.90 Å². The van der Waals surface area contributed by atoms with Crippen molar-refractivity contribution in [2.75, 3.05) is 13.6 Å². The Morgan fingerprint density at radius 1 is 1.08 bits per heavy atom. The van der Waals surface area contributed by atoms with Crippen molar-refractivity contribution in [3.05, 3.63) is 0 Å². The van der Waals surface area contributed by atoms with Crippen molar-refractivity contribution in [2.45, 2.75) is 57.9 Å².